The van der Waals surface area contributed by atoms with E-state index in [0.717, 1.165) is 21.8 Å². The monoisotopic (exact) mass is 341 g/mol. The fourth-order valence-electron chi connectivity index (χ4n) is 2.61. The molecule has 0 spiro atoms. The first-order valence-electron chi connectivity index (χ1n) is 7.21. The van der Waals surface area contributed by atoms with Gasteiger partial charge in [0, 0.05) is 29.9 Å². The van der Waals surface area contributed by atoms with Crippen LogP contribution >= 0.6 is 11.3 Å². The lowest BCUT2D eigenvalue weighted by atomic mass is 10.2. The lowest BCUT2D eigenvalue weighted by Gasteiger charge is -2.03. The quantitative estimate of drug-likeness (QED) is 0.574. The highest BCUT2D eigenvalue weighted by Gasteiger charge is 2.14. The molecule has 0 saturated heterocycles. The van der Waals surface area contributed by atoms with E-state index in [1.807, 2.05) is 12.1 Å². The lowest BCUT2D eigenvalue weighted by molar-refractivity contribution is 0.657. The van der Waals surface area contributed by atoms with Crippen LogP contribution in [0.25, 0.3) is 21.6 Å². The van der Waals surface area contributed by atoms with Crippen molar-refractivity contribution in [2.75, 3.05) is 0 Å². The normalized spacial score (nSPS) is 11.2. The van der Waals surface area contributed by atoms with Crippen LogP contribution in [0.4, 0.5) is 4.39 Å². The highest BCUT2D eigenvalue weighted by Crippen LogP contribution is 2.28. The van der Waals surface area contributed by atoms with Crippen molar-refractivity contribution in [1.82, 2.24) is 24.3 Å². The molecule has 0 aliphatic rings. The second-order valence-electron chi connectivity index (χ2n) is 5.31. The van der Waals surface area contributed by atoms with Gasteiger partial charge in [0.25, 0.3) is 0 Å². The molecule has 4 aromatic heterocycles. The zero-order chi connectivity index (χ0) is 16.7. The van der Waals surface area contributed by atoms with E-state index in [1.54, 1.807) is 36.1 Å². The Bertz CT molecular complexity index is 1080. The summed E-state index contributed by atoms with van der Waals surface area (Å²) in [5.41, 5.74) is 2.52. The minimum atomic E-state index is -0.255. The molecule has 0 aliphatic heterocycles. The van der Waals surface area contributed by atoms with Crippen LogP contribution < -0.4 is 5.69 Å². The van der Waals surface area contributed by atoms with Gasteiger partial charge in [-0.05, 0) is 30.3 Å². The Balaban J connectivity index is 1.89. The summed E-state index contributed by atoms with van der Waals surface area (Å²) >= 11 is 1.05. The SMILES string of the molecule is Cn1c(=O)n(Cc2cccnn2)c2cc(-c3ccc(F)s3)cnc21. The maximum absolute atomic E-state index is 13.3. The molecule has 0 aliphatic carbocycles. The van der Waals surface area contributed by atoms with Crippen molar-refractivity contribution < 1.29 is 4.39 Å². The summed E-state index contributed by atoms with van der Waals surface area (Å²) in [6, 6.07) is 8.56. The Kier molecular flexibility index (Phi) is 3.46. The van der Waals surface area contributed by atoms with Gasteiger partial charge in [-0.15, -0.1) is 11.3 Å². The number of thiophene rings is 1. The third kappa shape index (κ3) is 2.41. The molecule has 0 amide bonds. The van der Waals surface area contributed by atoms with Crippen molar-refractivity contribution >= 4 is 22.5 Å². The number of hydrogen-bond donors (Lipinski definition) is 0. The van der Waals surface area contributed by atoms with E-state index in [4.69, 9.17) is 0 Å². The first-order chi connectivity index (χ1) is 11.6. The fourth-order valence-corrected chi connectivity index (χ4v) is 3.33. The predicted octanol–water partition coefficient (Wildman–Crippen LogP) is 2.44. The summed E-state index contributed by atoms with van der Waals surface area (Å²) in [6.07, 6.45) is 3.24. The summed E-state index contributed by atoms with van der Waals surface area (Å²) in [6.45, 7) is 0.300. The number of imidazole rings is 1. The van der Waals surface area contributed by atoms with Crippen molar-refractivity contribution in [3.05, 3.63) is 64.0 Å². The number of nitrogens with zero attached hydrogens (tertiary/aromatic N) is 5. The number of halogens is 1. The Labute approximate surface area is 139 Å². The molecule has 8 heteroatoms. The molecule has 0 saturated carbocycles. The van der Waals surface area contributed by atoms with Crippen molar-refractivity contribution in [3.8, 4) is 10.4 Å². The van der Waals surface area contributed by atoms with Gasteiger partial charge in [0.2, 0.25) is 0 Å². The first kappa shape index (κ1) is 14.7. The number of fused-ring (bicyclic) bond motifs is 1. The standard InChI is InChI=1S/C16H12FN5OS/c1-21-15-12(7-10(8-18-15)13-4-5-14(17)24-13)22(16(21)23)9-11-3-2-6-19-20-11/h2-8H,9H2,1H3. The molecule has 4 heterocycles. The third-order valence-electron chi connectivity index (χ3n) is 3.78. The molecular formula is C16H12FN5OS. The molecule has 4 aromatic rings. The minimum Gasteiger partial charge on any atom is -0.284 e. The van der Waals surface area contributed by atoms with E-state index in [-0.39, 0.29) is 10.8 Å². The van der Waals surface area contributed by atoms with Crippen LogP contribution in [0.3, 0.4) is 0 Å². The van der Waals surface area contributed by atoms with E-state index < -0.39 is 0 Å². The summed E-state index contributed by atoms with van der Waals surface area (Å²) in [4.78, 5) is 17.7. The predicted molar refractivity (Wildman–Crippen MR) is 89.4 cm³/mol. The van der Waals surface area contributed by atoms with Crippen LogP contribution in [0.5, 0.6) is 0 Å². The van der Waals surface area contributed by atoms with Crippen LogP contribution in [0.1, 0.15) is 5.69 Å². The Morgan fingerprint density at radius 2 is 2.17 bits per heavy atom. The van der Waals surface area contributed by atoms with Gasteiger partial charge in [0.1, 0.15) is 0 Å². The summed E-state index contributed by atoms with van der Waals surface area (Å²) < 4.78 is 16.4. The second-order valence-corrected chi connectivity index (χ2v) is 6.35. The average Bonchev–Trinajstić information content (AvgIpc) is 3.13. The van der Waals surface area contributed by atoms with Crippen LogP contribution in [0, 0.1) is 5.13 Å². The molecule has 0 bridgehead atoms. The minimum absolute atomic E-state index is 0.183. The summed E-state index contributed by atoms with van der Waals surface area (Å²) in [5, 5.41) is 7.61. The molecule has 0 aromatic carbocycles. The lowest BCUT2D eigenvalue weighted by Crippen LogP contribution is -2.23. The number of pyridine rings is 1. The zero-order valence-corrected chi connectivity index (χ0v) is 13.5. The molecular weight excluding hydrogens is 329 g/mol. The van der Waals surface area contributed by atoms with E-state index >= 15 is 0 Å². The highest BCUT2D eigenvalue weighted by molar-refractivity contribution is 7.13. The molecule has 24 heavy (non-hydrogen) atoms. The number of aryl methyl sites for hydroxylation is 1. The van der Waals surface area contributed by atoms with Gasteiger partial charge < -0.3 is 0 Å². The van der Waals surface area contributed by atoms with E-state index in [2.05, 4.69) is 15.2 Å². The van der Waals surface area contributed by atoms with Gasteiger partial charge in [-0.1, -0.05) is 0 Å². The van der Waals surface area contributed by atoms with E-state index in [1.165, 1.54) is 10.6 Å². The smallest absolute Gasteiger partial charge is 0.284 e. The largest absolute Gasteiger partial charge is 0.330 e. The van der Waals surface area contributed by atoms with Gasteiger partial charge in [-0.3, -0.25) is 9.13 Å². The van der Waals surface area contributed by atoms with E-state index in [9.17, 15) is 9.18 Å². The van der Waals surface area contributed by atoms with Gasteiger partial charge in [-0.2, -0.15) is 14.6 Å². The Hall–Kier alpha value is -2.87. The van der Waals surface area contributed by atoms with Gasteiger partial charge in [-0.25, -0.2) is 9.78 Å². The van der Waals surface area contributed by atoms with E-state index in [0.29, 0.717) is 23.4 Å². The van der Waals surface area contributed by atoms with Crippen molar-refractivity contribution in [3.63, 3.8) is 0 Å². The van der Waals surface area contributed by atoms with Crippen LogP contribution in [-0.4, -0.2) is 24.3 Å². The maximum atomic E-state index is 13.3. The van der Waals surface area contributed by atoms with Gasteiger partial charge in [0.15, 0.2) is 10.8 Å². The molecule has 0 radical (unpaired) electrons. The number of hydrogen-bond acceptors (Lipinski definition) is 5. The van der Waals surface area contributed by atoms with Crippen molar-refractivity contribution in [2.45, 2.75) is 6.54 Å². The number of rotatable bonds is 3. The van der Waals surface area contributed by atoms with Gasteiger partial charge >= 0.3 is 5.69 Å². The first-order valence-corrected chi connectivity index (χ1v) is 8.02. The van der Waals surface area contributed by atoms with Crippen LogP contribution in [-0.2, 0) is 13.6 Å². The fraction of sp³-hybridized carbons (Fsp3) is 0.125. The average molecular weight is 341 g/mol. The molecule has 120 valence electrons. The summed E-state index contributed by atoms with van der Waals surface area (Å²) in [7, 11) is 1.68. The summed E-state index contributed by atoms with van der Waals surface area (Å²) in [5.74, 6) is 0. The van der Waals surface area contributed by atoms with Crippen molar-refractivity contribution in [1.29, 1.82) is 0 Å². The highest BCUT2D eigenvalue weighted by atomic mass is 32.1. The molecule has 0 fully saturated rings. The second kappa shape index (κ2) is 5.64. The number of aromatic nitrogens is 5. The molecule has 4 rings (SSSR count). The zero-order valence-electron chi connectivity index (χ0n) is 12.7. The maximum Gasteiger partial charge on any atom is 0.330 e. The van der Waals surface area contributed by atoms with Crippen LogP contribution in [0.2, 0.25) is 0 Å². The topological polar surface area (TPSA) is 65.6 Å². The molecule has 0 unspecified atom stereocenters. The molecule has 0 N–H and O–H groups in total. The van der Waals surface area contributed by atoms with Gasteiger partial charge in [0.05, 0.1) is 17.8 Å². The molecule has 6 nitrogen and oxygen atoms in total. The molecule has 0 atom stereocenters. The van der Waals surface area contributed by atoms with Crippen LogP contribution in [0.15, 0.2) is 47.5 Å². The Morgan fingerprint density at radius 1 is 1.29 bits per heavy atom. The third-order valence-corrected chi connectivity index (χ3v) is 4.70. The van der Waals surface area contributed by atoms with Crippen molar-refractivity contribution in [2.24, 2.45) is 7.05 Å². The Morgan fingerprint density at radius 3 is 2.88 bits per heavy atom.